The van der Waals surface area contributed by atoms with Crippen LogP contribution in [0.3, 0.4) is 0 Å². The monoisotopic (exact) mass is 252 g/mol. The van der Waals surface area contributed by atoms with Crippen molar-refractivity contribution in [1.29, 1.82) is 0 Å². The molecule has 4 rings (SSSR count). The highest BCUT2D eigenvalue weighted by Crippen LogP contribution is 2.62. The minimum absolute atomic E-state index is 0.0369. The Bertz CT molecular complexity index is 353. The molecular formula is C14H24N2O2. The van der Waals surface area contributed by atoms with E-state index in [4.69, 9.17) is 10.5 Å². The van der Waals surface area contributed by atoms with Crippen molar-refractivity contribution in [3.8, 4) is 0 Å². The molecule has 4 bridgehead atoms. The zero-order chi connectivity index (χ0) is 13.0. The predicted octanol–water partition coefficient (Wildman–Crippen LogP) is 2.03. The summed E-state index contributed by atoms with van der Waals surface area (Å²) in [5.74, 6) is 1.49. The van der Waals surface area contributed by atoms with Crippen LogP contribution in [0.25, 0.3) is 0 Å². The number of carbonyl (C=O) groups is 1. The number of alkyl carbamates (subject to hydrolysis) is 1. The Morgan fingerprint density at radius 2 is 1.94 bits per heavy atom. The molecule has 3 atom stereocenters. The highest BCUT2D eigenvalue weighted by molar-refractivity contribution is 5.68. The average Bonchev–Trinajstić information content (AvgIpc) is 2.26. The SMILES string of the molecule is COC(=O)NC12CC3CC(C1)CC(C(C)N)(C3)C2. The molecule has 0 heterocycles. The van der Waals surface area contributed by atoms with E-state index >= 15 is 0 Å². The van der Waals surface area contributed by atoms with Crippen molar-refractivity contribution >= 4 is 6.09 Å². The summed E-state index contributed by atoms with van der Waals surface area (Å²) in [6.45, 7) is 2.14. The first-order valence-corrected chi connectivity index (χ1v) is 7.09. The summed E-state index contributed by atoms with van der Waals surface area (Å²) in [4.78, 5) is 11.6. The van der Waals surface area contributed by atoms with Crippen molar-refractivity contribution in [2.45, 2.75) is 57.0 Å². The van der Waals surface area contributed by atoms with E-state index < -0.39 is 0 Å². The van der Waals surface area contributed by atoms with Gasteiger partial charge in [-0.25, -0.2) is 4.79 Å². The largest absolute Gasteiger partial charge is 0.453 e. The lowest BCUT2D eigenvalue weighted by atomic mass is 9.45. The lowest BCUT2D eigenvalue weighted by molar-refractivity contribution is -0.0885. The van der Waals surface area contributed by atoms with Crippen LogP contribution >= 0.6 is 0 Å². The molecule has 0 radical (unpaired) electrons. The molecule has 4 nitrogen and oxygen atoms in total. The van der Waals surface area contributed by atoms with Gasteiger partial charge in [-0.15, -0.1) is 0 Å². The first-order chi connectivity index (χ1) is 8.47. The van der Waals surface area contributed by atoms with Crippen LogP contribution < -0.4 is 11.1 Å². The molecule has 4 aliphatic rings. The topological polar surface area (TPSA) is 64.3 Å². The lowest BCUT2D eigenvalue weighted by Gasteiger charge is -2.63. The fourth-order valence-corrected chi connectivity index (χ4v) is 5.28. The Labute approximate surface area is 109 Å². The maximum absolute atomic E-state index is 11.6. The Morgan fingerprint density at radius 3 is 2.44 bits per heavy atom. The summed E-state index contributed by atoms with van der Waals surface area (Å²) in [6.07, 6.45) is 6.84. The van der Waals surface area contributed by atoms with Crippen LogP contribution in [0.15, 0.2) is 0 Å². The van der Waals surface area contributed by atoms with Crippen LogP contribution in [-0.2, 0) is 4.74 Å². The first kappa shape index (κ1) is 12.3. The van der Waals surface area contributed by atoms with E-state index in [0.29, 0.717) is 0 Å². The Hall–Kier alpha value is -0.770. The van der Waals surface area contributed by atoms with Crippen molar-refractivity contribution in [3.05, 3.63) is 0 Å². The fraction of sp³-hybridized carbons (Fsp3) is 0.929. The number of amides is 1. The smallest absolute Gasteiger partial charge is 0.407 e. The quantitative estimate of drug-likeness (QED) is 0.790. The van der Waals surface area contributed by atoms with Crippen LogP contribution in [0.4, 0.5) is 4.79 Å². The molecule has 0 aromatic rings. The summed E-state index contributed by atoms with van der Waals surface area (Å²) in [5.41, 5.74) is 6.49. The number of carbonyl (C=O) groups excluding carboxylic acids is 1. The fourth-order valence-electron chi connectivity index (χ4n) is 5.28. The van der Waals surface area contributed by atoms with E-state index in [9.17, 15) is 4.79 Å². The Morgan fingerprint density at radius 1 is 1.33 bits per heavy atom. The van der Waals surface area contributed by atoms with E-state index in [0.717, 1.165) is 31.1 Å². The standard InChI is InChI=1S/C14H24N2O2/c1-9(15)13-4-10-3-11(5-13)7-14(6-10,8-13)16-12(17)18-2/h9-11H,3-8,15H2,1-2H3,(H,16,17). The molecule has 4 aliphatic carbocycles. The number of nitrogens with two attached hydrogens (primary N) is 1. The van der Waals surface area contributed by atoms with Crippen LogP contribution in [0, 0.1) is 17.3 Å². The summed E-state index contributed by atoms with van der Waals surface area (Å²) < 4.78 is 4.80. The van der Waals surface area contributed by atoms with Crippen molar-refractivity contribution in [3.63, 3.8) is 0 Å². The lowest BCUT2D eigenvalue weighted by Crippen LogP contribution is -2.66. The van der Waals surface area contributed by atoms with Crippen LogP contribution in [0.1, 0.15) is 45.4 Å². The molecule has 1 amide bonds. The second kappa shape index (κ2) is 3.86. The molecule has 0 aromatic carbocycles. The minimum Gasteiger partial charge on any atom is -0.453 e. The number of hydrogen-bond donors (Lipinski definition) is 2. The summed E-state index contributed by atoms with van der Waals surface area (Å²) in [5, 5.41) is 3.14. The summed E-state index contributed by atoms with van der Waals surface area (Å²) in [7, 11) is 1.44. The maximum Gasteiger partial charge on any atom is 0.407 e. The van der Waals surface area contributed by atoms with E-state index in [2.05, 4.69) is 12.2 Å². The number of ether oxygens (including phenoxy) is 1. The van der Waals surface area contributed by atoms with Crippen LogP contribution in [0.2, 0.25) is 0 Å². The third kappa shape index (κ3) is 1.73. The van der Waals surface area contributed by atoms with Crippen molar-refractivity contribution in [1.82, 2.24) is 5.32 Å². The molecule has 102 valence electrons. The molecular weight excluding hydrogens is 228 g/mol. The number of rotatable bonds is 2. The van der Waals surface area contributed by atoms with Gasteiger partial charge in [-0.3, -0.25) is 0 Å². The zero-order valence-corrected chi connectivity index (χ0v) is 11.4. The van der Waals surface area contributed by atoms with Crippen molar-refractivity contribution in [2.75, 3.05) is 7.11 Å². The van der Waals surface area contributed by atoms with E-state index in [1.807, 2.05) is 0 Å². The molecule has 0 aromatic heterocycles. The highest BCUT2D eigenvalue weighted by atomic mass is 16.5. The van der Waals surface area contributed by atoms with Gasteiger partial charge >= 0.3 is 6.09 Å². The van der Waals surface area contributed by atoms with E-state index in [1.165, 1.54) is 26.4 Å². The third-order valence-electron chi connectivity index (χ3n) is 5.62. The van der Waals surface area contributed by atoms with E-state index in [-0.39, 0.29) is 23.1 Å². The van der Waals surface area contributed by atoms with Crippen molar-refractivity contribution < 1.29 is 9.53 Å². The number of methoxy groups -OCH3 is 1. The molecule has 3 unspecified atom stereocenters. The van der Waals surface area contributed by atoms with Gasteiger partial charge in [-0.1, -0.05) is 0 Å². The van der Waals surface area contributed by atoms with Crippen LogP contribution in [0.5, 0.6) is 0 Å². The predicted molar refractivity (Wildman–Crippen MR) is 69.0 cm³/mol. The van der Waals surface area contributed by atoms with Gasteiger partial charge in [0.1, 0.15) is 0 Å². The molecule has 4 fully saturated rings. The minimum atomic E-state index is -0.281. The van der Waals surface area contributed by atoms with Crippen molar-refractivity contribution in [2.24, 2.45) is 23.0 Å². The summed E-state index contributed by atoms with van der Waals surface area (Å²) >= 11 is 0. The highest BCUT2D eigenvalue weighted by Gasteiger charge is 2.59. The molecule has 0 saturated heterocycles. The normalized spacial score (nSPS) is 46.8. The van der Waals surface area contributed by atoms with Gasteiger partial charge in [0.15, 0.2) is 0 Å². The maximum atomic E-state index is 11.6. The van der Waals surface area contributed by atoms with Crippen LogP contribution in [-0.4, -0.2) is 24.8 Å². The molecule has 0 aliphatic heterocycles. The van der Waals surface area contributed by atoms with Gasteiger partial charge < -0.3 is 15.8 Å². The third-order valence-corrected chi connectivity index (χ3v) is 5.62. The zero-order valence-electron chi connectivity index (χ0n) is 11.4. The molecule has 4 saturated carbocycles. The van der Waals surface area contributed by atoms with E-state index in [1.54, 1.807) is 0 Å². The Kier molecular flexibility index (Phi) is 2.63. The van der Waals surface area contributed by atoms with Gasteiger partial charge in [-0.05, 0) is 62.7 Å². The molecule has 3 N–H and O–H groups in total. The second-order valence-electron chi connectivity index (χ2n) is 7.01. The Balaban J connectivity index is 1.87. The number of hydrogen-bond acceptors (Lipinski definition) is 3. The van der Waals surface area contributed by atoms with Gasteiger partial charge in [0.2, 0.25) is 0 Å². The van der Waals surface area contributed by atoms with Gasteiger partial charge in [0, 0.05) is 11.6 Å². The molecule has 4 heteroatoms. The number of nitrogens with one attached hydrogen (secondary N) is 1. The summed E-state index contributed by atoms with van der Waals surface area (Å²) in [6, 6.07) is 0.224. The van der Waals surface area contributed by atoms with Gasteiger partial charge in [-0.2, -0.15) is 0 Å². The van der Waals surface area contributed by atoms with Gasteiger partial charge in [0.05, 0.1) is 7.11 Å². The molecule has 18 heavy (non-hydrogen) atoms. The average molecular weight is 252 g/mol. The first-order valence-electron chi connectivity index (χ1n) is 7.09. The molecule has 0 spiro atoms. The second-order valence-corrected chi connectivity index (χ2v) is 7.01. The van der Waals surface area contributed by atoms with Gasteiger partial charge in [0.25, 0.3) is 0 Å².